The van der Waals surface area contributed by atoms with Gasteiger partial charge in [0, 0.05) is 52.4 Å². The zero-order chi connectivity index (χ0) is 13.2. The Hall–Kier alpha value is -0.160. The monoisotopic (exact) mass is 257 g/mol. The highest BCUT2D eigenvalue weighted by atomic mass is 16.5. The lowest BCUT2D eigenvalue weighted by molar-refractivity contribution is 0.0307. The van der Waals surface area contributed by atoms with E-state index < -0.39 is 0 Å². The van der Waals surface area contributed by atoms with Crippen LogP contribution in [-0.4, -0.2) is 87.3 Å². The first-order chi connectivity index (χ1) is 8.76. The molecule has 108 valence electrons. The van der Waals surface area contributed by atoms with Crippen LogP contribution in [0.4, 0.5) is 0 Å². The summed E-state index contributed by atoms with van der Waals surface area (Å²) in [5, 5.41) is 0. The normalized spacial score (nSPS) is 23.5. The maximum Gasteiger partial charge on any atom is 0.0594 e. The van der Waals surface area contributed by atoms with Crippen molar-refractivity contribution in [3.05, 3.63) is 0 Å². The summed E-state index contributed by atoms with van der Waals surface area (Å²) in [6, 6.07) is 0. The van der Waals surface area contributed by atoms with Crippen LogP contribution in [0.1, 0.15) is 20.3 Å². The van der Waals surface area contributed by atoms with Gasteiger partial charge in [0.15, 0.2) is 0 Å². The predicted molar refractivity (Wildman–Crippen MR) is 77.2 cm³/mol. The topological polar surface area (TPSA) is 19.0 Å². The van der Waals surface area contributed by atoms with Crippen molar-refractivity contribution in [2.24, 2.45) is 0 Å². The molecule has 0 aromatic rings. The van der Waals surface area contributed by atoms with E-state index in [-0.39, 0.29) is 0 Å². The molecule has 2 aliphatic rings. The van der Waals surface area contributed by atoms with E-state index in [4.69, 9.17) is 4.74 Å². The van der Waals surface area contributed by atoms with Gasteiger partial charge in [-0.25, -0.2) is 0 Å². The Labute approximate surface area is 113 Å². The second-order valence-corrected chi connectivity index (χ2v) is 5.31. The lowest BCUT2D eigenvalue weighted by atomic mass is 10.3. The molecular formula is C14H31N3O. The third-order valence-corrected chi connectivity index (χ3v) is 3.43. The molecular weight excluding hydrogens is 226 g/mol. The van der Waals surface area contributed by atoms with Gasteiger partial charge >= 0.3 is 0 Å². The van der Waals surface area contributed by atoms with Gasteiger partial charge in [0.05, 0.1) is 13.2 Å². The molecule has 0 amide bonds. The number of nitrogens with zero attached hydrogens (tertiary/aromatic N) is 3. The van der Waals surface area contributed by atoms with Crippen LogP contribution in [-0.2, 0) is 4.74 Å². The fourth-order valence-corrected chi connectivity index (χ4v) is 2.18. The minimum absolute atomic E-state index is 0.919. The smallest absolute Gasteiger partial charge is 0.0594 e. The lowest BCUT2D eigenvalue weighted by Gasteiger charge is -2.34. The highest BCUT2D eigenvalue weighted by molar-refractivity contribution is 4.71. The van der Waals surface area contributed by atoms with Crippen LogP contribution in [0.5, 0.6) is 0 Å². The molecule has 2 aliphatic heterocycles. The molecule has 4 nitrogen and oxygen atoms in total. The molecule has 2 heterocycles. The van der Waals surface area contributed by atoms with Crippen LogP contribution in [0.2, 0.25) is 0 Å². The van der Waals surface area contributed by atoms with Crippen LogP contribution < -0.4 is 0 Å². The number of rotatable bonds is 3. The van der Waals surface area contributed by atoms with Crippen molar-refractivity contribution in [1.29, 1.82) is 0 Å². The Bertz CT molecular complexity index is 187. The molecule has 0 aliphatic carbocycles. The Kier molecular flexibility index (Phi) is 8.59. The number of morpholine rings is 1. The largest absolute Gasteiger partial charge is 0.379 e. The number of ether oxygens (including phenoxy) is 1. The molecule has 2 saturated heterocycles. The van der Waals surface area contributed by atoms with Gasteiger partial charge in [-0.1, -0.05) is 20.3 Å². The minimum Gasteiger partial charge on any atom is -0.379 e. The zero-order valence-corrected chi connectivity index (χ0v) is 12.5. The lowest BCUT2D eigenvalue weighted by Crippen LogP contribution is -2.48. The summed E-state index contributed by atoms with van der Waals surface area (Å²) in [5.41, 5.74) is 0. The summed E-state index contributed by atoms with van der Waals surface area (Å²) < 4.78 is 5.34. The van der Waals surface area contributed by atoms with Gasteiger partial charge in [-0.2, -0.15) is 0 Å². The van der Waals surface area contributed by atoms with Crippen LogP contribution in [0.3, 0.4) is 0 Å². The molecule has 0 spiro atoms. The standard InChI is InChI=1S/C11H23N3O.C3H8/c1-12-2-4-13(5-3-12)6-7-14-8-10-15-11-9-14;1-3-2/h2-11H2,1H3;3H2,1-2H3. The minimum atomic E-state index is 0.919. The number of piperazine rings is 1. The van der Waals surface area contributed by atoms with Gasteiger partial charge in [-0.15, -0.1) is 0 Å². The molecule has 0 N–H and O–H groups in total. The molecule has 0 saturated carbocycles. The SMILES string of the molecule is CCC.CN1CCN(CCN2CCOCC2)CC1. The Morgan fingerprint density at radius 2 is 1.22 bits per heavy atom. The molecule has 0 aromatic heterocycles. The van der Waals surface area contributed by atoms with Gasteiger partial charge in [0.2, 0.25) is 0 Å². The van der Waals surface area contributed by atoms with E-state index in [2.05, 4.69) is 35.6 Å². The van der Waals surface area contributed by atoms with Crippen molar-refractivity contribution in [2.75, 3.05) is 72.6 Å². The van der Waals surface area contributed by atoms with E-state index in [1.54, 1.807) is 0 Å². The first-order valence-electron chi connectivity index (χ1n) is 7.47. The first kappa shape index (κ1) is 15.9. The highest BCUT2D eigenvalue weighted by Gasteiger charge is 2.15. The van der Waals surface area contributed by atoms with Crippen molar-refractivity contribution in [1.82, 2.24) is 14.7 Å². The molecule has 0 aromatic carbocycles. The fraction of sp³-hybridized carbons (Fsp3) is 1.00. The van der Waals surface area contributed by atoms with Crippen LogP contribution in [0.15, 0.2) is 0 Å². The summed E-state index contributed by atoms with van der Waals surface area (Å²) in [6.45, 7) is 15.7. The van der Waals surface area contributed by atoms with E-state index in [0.717, 1.165) is 26.3 Å². The van der Waals surface area contributed by atoms with E-state index in [1.807, 2.05) is 0 Å². The van der Waals surface area contributed by atoms with Gasteiger partial charge in [0.1, 0.15) is 0 Å². The second kappa shape index (κ2) is 9.73. The average Bonchev–Trinajstić information content (AvgIpc) is 2.40. The molecule has 0 radical (unpaired) electrons. The maximum absolute atomic E-state index is 5.34. The van der Waals surface area contributed by atoms with Crippen molar-refractivity contribution in [3.8, 4) is 0 Å². The van der Waals surface area contributed by atoms with Crippen molar-refractivity contribution >= 4 is 0 Å². The van der Waals surface area contributed by atoms with Gasteiger partial charge < -0.3 is 9.64 Å². The van der Waals surface area contributed by atoms with Crippen LogP contribution >= 0.6 is 0 Å². The molecule has 2 fully saturated rings. The van der Waals surface area contributed by atoms with E-state index in [1.165, 1.54) is 45.7 Å². The maximum atomic E-state index is 5.34. The summed E-state index contributed by atoms with van der Waals surface area (Å²) >= 11 is 0. The summed E-state index contributed by atoms with van der Waals surface area (Å²) in [5.74, 6) is 0. The fourth-order valence-electron chi connectivity index (χ4n) is 2.18. The number of hydrogen-bond acceptors (Lipinski definition) is 4. The zero-order valence-electron chi connectivity index (χ0n) is 12.5. The van der Waals surface area contributed by atoms with Crippen molar-refractivity contribution in [3.63, 3.8) is 0 Å². The Morgan fingerprint density at radius 3 is 1.72 bits per heavy atom. The quantitative estimate of drug-likeness (QED) is 0.750. The van der Waals surface area contributed by atoms with E-state index in [9.17, 15) is 0 Å². The number of hydrogen-bond donors (Lipinski definition) is 0. The second-order valence-electron chi connectivity index (χ2n) is 5.31. The third-order valence-electron chi connectivity index (χ3n) is 3.43. The van der Waals surface area contributed by atoms with Crippen molar-refractivity contribution in [2.45, 2.75) is 20.3 Å². The molecule has 0 atom stereocenters. The highest BCUT2D eigenvalue weighted by Crippen LogP contribution is 2.01. The average molecular weight is 257 g/mol. The molecule has 4 heteroatoms. The number of likely N-dealkylation sites (N-methyl/N-ethyl adjacent to an activating group) is 1. The van der Waals surface area contributed by atoms with Crippen LogP contribution in [0, 0.1) is 0 Å². The Balaban J connectivity index is 0.000000492. The molecule has 0 unspecified atom stereocenters. The summed E-state index contributed by atoms with van der Waals surface area (Å²) in [4.78, 5) is 7.50. The van der Waals surface area contributed by atoms with Gasteiger partial charge in [-0.3, -0.25) is 9.80 Å². The van der Waals surface area contributed by atoms with Gasteiger partial charge in [0.25, 0.3) is 0 Å². The van der Waals surface area contributed by atoms with E-state index >= 15 is 0 Å². The van der Waals surface area contributed by atoms with Gasteiger partial charge in [-0.05, 0) is 7.05 Å². The predicted octanol–water partition coefficient (Wildman–Crippen LogP) is 0.982. The van der Waals surface area contributed by atoms with E-state index in [0.29, 0.717) is 0 Å². The molecule has 18 heavy (non-hydrogen) atoms. The third kappa shape index (κ3) is 6.69. The molecule has 0 bridgehead atoms. The summed E-state index contributed by atoms with van der Waals surface area (Å²) in [7, 11) is 2.21. The summed E-state index contributed by atoms with van der Waals surface area (Å²) in [6.07, 6.45) is 1.25. The molecule has 2 rings (SSSR count). The van der Waals surface area contributed by atoms with Crippen molar-refractivity contribution < 1.29 is 4.74 Å². The Morgan fingerprint density at radius 1 is 0.778 bits per heavy atom. The first-order valence-corrected chi connectivity index (χ1v) is 7.47. The van der Waals surface area contributed by atoms with Crippen LogP contribution in [0.25, 0.3) is 0 Å².